The lowest BCUT2D eigenvalue weighted by atomic mass is 9.97. The third kappa shape index (κ3) is 5.90. The van der Waals surface area contributed by atoms with Crippen molar-refractivity contribution in [2.24, 2.45) is 0 Å². The summed E-state index contributed by atoms with van der Waals surface area (Å²) in [5.41, 5.74) is 8.76. The van der Waals surface area contributed by atoms with Crippen LogP contribution in [0, 0.1) is 68.0 Å². The van der Waals surface area contributed by atoms with Gasteiger partial charge in [0.05, 0.1) is 74.4 Å². The van der Waals surface area contributed by atoms with Crippen molar-refractivity contribution in [1.29, 1.82) is 31.6 Å². The molecule has 10 nitrogen and oxygen atoms in total. The Kier molecular flexibility index (Phi) is 8.25. The molecule has 6 aromatic carbocycles. The van der Waals surface area contributed by atoms with E-state index in [9.17, 15) is 31.6 Å². The largest absolute Gasteiger partial charge is 0.309 e. The summed E-state index contributed by atoms with van der Waals surface area (Å²) in [7, 11) is 0. The van der Waals surface area contributed by atoms with Crippen molar-refractivity contribution in [3.05, 3.63) is 155 Å². The zero-order valence-corrected chi connectivity index (χ0v) is 28.5. The van der Waals surface area contributed by atoms with Crippen LogP contribution in [0.25, 0.3) is 72.5 Å². The number of para-hydroxylation sites is 1. The molecule has 0 N–H and O–H groups in total. The maximum atomic E-state index is 9.69. The summed E-state index contributed by atoms with van der Waals surface area (Å²) in [5, 5.41) is 59.5. The standard InChI is InChI=1S/C45H20N10/c46-20-27-11-28(21-47)14-35(13-27)31-7-9-42-39(18-31)40-19-32(36-15-29(22-48)12-30(16-36)23-49)8-10-43(40)55(42)41-4-2-1-3-38(41)45-53-26-52-44(54-45)33-5-6-34(24-50)37(17-33)25-51/h1-19,26H. The van der Waals surface area contributed by atoms with Crippen LogP contribution in [0.15, 0.2) is 122 Å². The molecule has 55 heavy (non-hydrogen) atoms. The first-order chi connectivity index (χ1) is 26.9. The molecule has 250 valence electrons. The minimum Gasteiger partial charge on any atom is -0.309 e. The molecule has 0 aliphatic rings. The number of fused-ring (bicyclic) bond motifs is 3. The summed E-state index contributed by atoms with van der Waals surface area (Å²) in [4.78, 5) is 13.8. The van der Waals surface area contributed by atoms with E-state index in [0.717, 1.165) is 49.7 Å². The van der Waals surface area contributed by atoms with E-state index in [2.05, 4.69) is 44.9 Å². The molecule has 0 saturated carbocycles. The predicted molar refractivity (Wildman–Crippen MR) is 204 cm³/mol. The molecule has 0 unspecified atom stereocenters. The Morgan fingerprint density at radius 1 is 0.418 bits per heavy atom. The van der Waals surface area contributed by atoms with Gasteiger partial charge in [-0.05, 0) is 113 Å². The van der Waals surface area contributed by atoms with Crippen LogP contribution in [-0.2, 0) is 0 Å². The first-order valence-corrected chi connectivity index (χ1v) is 16.7. The molecule has 0 spiro atoms. The lowest BCUT2D eigenvalue weighted by molar-refractivity contribution is 1.06. The lowest BCUT2D eigenvalue weighted by Gasteiger charge is -2.14. The molecule has 0 atom stereocenters. The first-order valence-electron chi connectivity index (χ1n) is 16.7. The number of aromatic nitrogens is 4. The van der Waals surface area contributed by atoms with Gasteiger partial charge in [0.15, 0.2) is 11.6 Å². The summed E-state index contributed by atoms with van der Waals surface area (Å²) in [6, 6.07) is 47.3. The Balaban J connectivity index is 1.37. The van der Waals surface area contributed by atoms with Crippen molar-refractivity contribution < 1.29 is 0 Å². The first kappa shape index (κ1) is 33.2. The highest BCUT2D eigenvalue weighted by molar-refractivity contribution is 6.12. The van der Waals surface area contributed by atoms with E-state index in [1.165, 1.54) is 6.33 Å². The molecule has 0 radical (unpaired) electrons. The zero-order valence-electron chi connectivity index (χ0n) is 28.5. The lowest BCUT2D eigenvalue weighted by Crippen LogP contribution is -2.01. The second kappa shape index (κ2) is 13.7. The molecule has 8 aromatic rings. The Morgan fingerprint density at radius 3 is 1.45 bits per heavy atom. The van der Waals surface area contributed by atoms with Crippen LogP contribution in [0.3, 0.4) is 0 Å². The van der Waals surface area contributed by atoms with Crippen LogP contribution in [-0.4, -0.2) is 19.5 Å². The molecule has 0 bridgehead atoms. The van der Waals surface area contributed by atoms with Crippen molar-refractivity contribution in [2.75, 3.05) is 0 Å². The summed E-state index contributed by atoms with van der Waals surface area (Å²) >= 11 is 0. The number of hydrogen-bond donors (Lipinski definition) is 0. The van der Waals surface area contributed by atoms with Crippen LogP contribution in [0.5, 0.6) is 0 Å². The smallest absolute Gasteiger partial charge is 0.165 e. The molecule has 2 aromatic heterocycles. The van der Waals surface area contributed by atoms with Gasteiger partial charge >= 0.3 is 0 Å². The second-order valence-electron chi connectivity index (χ2n) is 12.5. The van der Waals surface area contributed by atoms with Gasteiger partial charge in [0.1, 0.15) is 18.5 Å². The van der Waals surface area contributed by atoms with E-state index in [1.54, 1.807) is 54.6 Å². The average molecular weight is 701 g/mol. The fourth-order valence-electron chi connectivity index (χ4n) is 6.78. The topological polar surface area (TPSA) is 186 Å². The molecular formula is C45H20N10. The van der Waals surface area contributed by atoms with Crippen molar-refractivity contribution in [3.63, 3.8) is 0 Å². The molecule has 0 aliphatic carbocycles. The maximum Gasteiger partial charge on any atom is 0.165 e. The van der Waals surface area contributed by atoms with Gasteiger partial charge in [-0.15, -0.1) is 0 Å². The highest BCUT2D eigenvalue weighted by Crippen LogP contribution is 2.39. The predicted octanol–water partition coefficient (Wildman–Crippen LogP) is 8.87. The van der Waals surface area contributed by atoms with E-state index < -0.39 is 0 Å². The normalized spacial score (nSPS) is 10.4. The molecule has 0 fully saturated rings. The number of rotatable bonds is 5. The fraction of sp³-hybridized carbons (Fsp3) is 0. The van der Waals surface area contributed by atoms with E-state index in [4.69, 9.17) is 4.98 Å². The van der Waals surface area contributed by atoms with Gasteiger partial charge < -0.3 is 4.57 Å². The van der Waals surface area contributed by atoms with E-state index >= 15 is 0 Å². The average Bonchev–Trinajstić information content (AvgIpc) is 3.58. The third-order valence-electron chi connectivity index (χ3n) is 9.29. The van der Waals surface area contributed by atoms with Gasteiger partial charge in [-0.1, -0.05) is 24.3 Å². The molecule has 2 heterocycles. The van der Waals surface area contributed by atoms with Crippen LogP contribution >= 0.6 is 0 Å². The SMILES string of the molecule is N#Cc1cc(C#N)cc(-c2ccc3c(c2)c2cc(-c4cc(C#N)cc(C#N)c4)ccc2n3-c2ccccc2-c2ncnc(-c3ccc(C#N)c(C#N)c3)n2)c1. The number of nitrogens with zero attached hydrogens (tertiary/aromatic N) is 10. The van der Waals surface area contributed by atoms with E-state index in [1.807, 2.05) is 66.7 Å². The van der Waals surface area contributed by atoms with Crippen LogP contribution in [0.2, 0.25) is 0 Å². The van der Waals surface area contributed by atoms with E-state index in [-0.39, 0.29) is 11.1 Å². The highest BCUT2D eigenvalue weighted by Gasteiger charge is 2.20. The van der Waals surface area contributed by atoms with Gasteiger partial charge in [0.2, 0.25) is 0 Å². The van der Waals surface area contributed by atoms with E-state index in [0.29, 0.717) is 45.0 Å². The fourth-order valence-corrected chi connectivity index (χ4v) is 6.78. The Morgan fingerprint density at radius 2 is 0.927 bits per heavy atom. The molecular weight excluding hydrogens is 681 g/mol. The molecule has 0 amide bonds. The van der Waals surface area contributed by atoms with Crippen LogP contribution in [0.4, 0.5) is 0 Å². The molecule has 0 aliphatic heterocycles. The van der Waals surface area contributed by atoms with Crippen molar-refractivity contribution >= 4 is 21.8 Å². The summed E-state index contributed by atoms with van der Waals surface area (Å²) in [6.07, 6.45) is 1.42. The van der Waals surface area contributed by atoms with Crippen LogP contribution < -0.4 is 0 Å². The minimum atomic E-state index is 0.220. The molecule has 10 heteroatoms. The van der Waals surface area contributed by atoms with Gasteiger partial charge in [-0.25, -0.2) is 15.0 Å². The van der Waals surface area contributed by atoms with Gasteiger partial charge in [0.25, 0.3) is 0 Å². The van der Waals surface area contributed by atoms with Gasteiger partial charge in [0, 0.05) is 21.9 Å². The number of nitriles is 6. The number of hydrogen-bond acceptors (Lipinski definition) is 9. The summed E-state index contributed by atoms with van der Waals surface area (Å²) < 4.78 is 2.12. The monoisotopic (exact) mass is 700 g/mol. The van der Waals surface area contributed by atoms with Gasteiger partial charge in [-0.2, -0.15) is 31.6 Å². The third-order valence-corrected chi connectivity index (χ3v) is 9.29. The van der Waals surface area contributed by atoms with Crippen molar-refractivity contribution in [2.45, 2.75) is 0 Å². The van der Waals surface area contributed by atoms with Crippen molar-refractivity contribution in [1.82, 2.24) is 19.5 Å². The van der Waals surface area contributed by atoms with Gasteiger partial charge in [-0.3, -0.25) is 0 Å². The Bertz CT molecular complexity index is 2990. The molecule has 8 rings (SSSR count). The quantitative estimate of drug-likeness (QED) is 0.169. The highest BCUT2D eigenvalue weighted by atomic mass is 15.0. The summed E-state index contributed by atoms with van der Waals surface area (Å²) in [6.45, 7) is 0. The minimum absolute atomic E-state index is 0.220. The summed E-state index contributed by atoms with van der Waals surface area (Å²) in [5.74, 6) is 0.728. The Hall–Kier alpha value is -8.93. The van der Waals surface area contributed by atoms with Crippen molar-refractivity contribution in [3.8, 4) is 87.1 Å². The zero-order chi connectivity index (χ0) is 38.1. The Labute approximate surface area is 314 Å². The van der Waals surface area contributed by atoms with Crippen LogP contribution in [0.1, 0.15) is 33.4 Å². The number of benzene rings is 6. The molecule has 0 saturated heterocycles. The maximum absolute atomic E-state index is 9.69. The second-order valence-corrected chi connectivity index (χ2v) is 12.5.